The van der Waals surface area contributed by atoms with E-state index in [9.17, 15) is 19.3 Å². The number of nitrogens with zero attached hydrogens (tertiary/aromatic N) is 1. The molecule has 0 bridgehead atoms. The SMILES string of the molecule is C[C@H](N)C(=O)Nc1c(F)cccc1[N+](=O)[O-]. The molecule has 1 atom stereocenters. The second-order valence-electron chi connectivity index (χ2n) is 3.17. The Hall–Kier alpha value is -2.02. The van der Waals surface area contributed by atoms with Crippen molar-refractivity contribution < 1.29 is 14.1 Å². The zero-order valence-electron chi connectivity index (χ0n) is 8.44. The summed E-state index contributed by atoms with van der Waals surface area (Å²) in [6.07, 6.45) is 0. The molecule has 16 heavy (non-hydrogen) atoms. The molecule has 0 aliphatic heterocycles. The second-order valence-corrected chi connectivity index (χ2v) is 3.17. The van der Waals surface area contributed by atoms with Gasteiger partial charge in [-0.1, -0.05) is 6.07 Å². The summed E-state index contributed by atoms with van der Waals surface area (Å²) in [6.45, 7) is 1.39. The Kier molecular flexibility index (Phi) is 3.51. The Labute approximate surface area is 90.4 Å². The van der Waals surface area contributed by atoms with Gasteiger partial charge in [0, 0.05) is 6.07 Å². The summed E-state index contributed by atoms with van der Waals surface area (Å²) in [5.74, 6) is -1.56. The highest BCUT2D eigenvalue weighted by molar-refractivity contribution is 5.96. The molecule has 0 radical (unpaired) electrons. The quantitative estimate of drug-likeness (QED) is 0.594. The number of nitrogens with two attached hydrogens (primary N) is 1. The van der Waals surface area contributed by atoms with Gasteiger partial charge in [0.25, 0.3) is 5.69 Å². The van der Waals surface area contributed by atoms with Crippen LogP contribution in [0.25, 0.3) is 0 Å². The molecule has 0 spiro atoms. The molecule has 1 aromatic rings. The van der Waals surface area contributed by atoms with E-state index in [0.717, 1.165) is 12.1 Å². The van der Waals surface area contributed by atoms with Gasteiger partial charge in [0.2, 0.25) is 5.91 Å². The van der Waals surface area contributed by atoms with Crippen molar-refractivity contribution in [3.63, 3.8) is 0 Å². The van der Waals surface area contributed by atoms with E-state index in [1.54, 1.807) is 0 Å². The minimum Gasteiger partial charge on any atom is -0.320 e. The molecular weight excluding hydrogens is 217 g/mol. The third-order valence-electron chi connectivity index (χ3n) is 1.85. The lowest BCUT2D eigenvalue weighted by atomic mass is 10.2. The Morgan fingerprint density at radius 2 is 2.25 bits per heavy atom. The first-order chi connectivity index (χ1) is 7.43. The number of rotatable bonds is 3. The Morgan fingerprint density at radius 3 is 2.75 bits per heavy atom. The fourth-order valence-electron chi connectivity index (χ4n) is 1.03. The maximum atomic E-state index is 13.3. The van der Waals surface area contributed by atoms with Crippen LogP contribution in [0.15, 0.2) is 18.2 Å². The summed E-state index contributed by atoms with van der Waals surface area (Å²) in [7, 11) is 0. The molecule has 0 heterocycles. The molecule has 0 aliphatic rings. The molecule has 0 saturated carbocycles. The molecule has 1 aromatic carbocycles. The highest BCUT2D eigenvalue weighted by atomic mass is 19.1. The first-order valence-corrected chi connectivity index (χ1v) is 4.43. The van der Waals surface area contributed by atoms with Gasteiger partial charge in [-0.3, -0.25) is 14.9 Å². The molecule has 6 nitrogen and oxygen atoms in total. The van der Waals surface area contributed by atoms with Crippen molar-refractivity contribution in [2.45, 2.75) is 13.0 Å². The lowest BCUT2D eigenvalue weighted by Crippen LogP contribution is -2.33. The lowest BCUT2D eigenvalue weighted by molar-refractivity contribution is -0.384. The standard InChI is InChI=1S/C9H10FN3O3/c1-5(11)9(14)12-8-6(10)3-2-4-7(8)13(15)16/h2-5H,11H2,1H3,(H,12,14)/t5-/m0/s1. The number of carbonyl (C=O) groups is 1. The second kappa shape index (κ2) is 4.67. The molecule has 86 valence electrons. The maximum Gasteiger partial charge on any atom is 0.295 e. The van der Waals surface area contributed by atoms with E-state index in [0.29, 0.717) is 0 Å². The van der Waals surface area contributed by atoms with Gasteiger partial charge in [-0.05, 0) is 13.0 Å². The van der Waals surface area contributed by atoms with Crippen LogP contribution in [0.4, 0.5) is 15.8 Å². The fourth-order valence-corrected chi connectivity index (χ4v) is 1.03. The lowest BCUT2D eigenvalue weighted by Gasteiger charge is -2.08. The number of halogens is 1. The molecular formula is C9H10FN3O3. The van der Waals surface area contributed by atoms with Crippen LogP contribution in [-0.4, -0.2) is 16.9 Å². The summed E-state index contributed by atoms with van der Waals surface area (Å²) in [4.78, 5) is 21.0. The molecule has 1 amide bonds. The zero-order chi connectivity index (χ0) is 12.3. The highest BCUT2D eigenvalue weighted by Crippen LogP contribution is 2.26. The Morgan fingerprint density at radius 1 is 1.62 bits per heavy atom. The van der Waals surface area contributed by atoms with Crippen LogP contribution in [0.3, 0.4) is 0 Å². The normalized spacial score (nSPS) is 11.9. The van der Waals surface area contributed by atoms with Crippen molar-refractivity contribution in [2.24, 2.45) is 5.73 Å². The van der Waals surface area contributed by atoms with Gasteiger partial charge < -0.3 is 11.1 Å². The van der Waals surface area contributed by atoms with E-state index < -0.39 is 34.1 Å². The minimum absolute atomic E-state index is 0.463. The van der Waals surface area contributed by atoms with Gasteiger partial charge in [0.15, 0.2) is 11.5 Å². The van der Waals surface area contributed by atoms with Gasteiger partial charge >= 0.3 is 0 Å². The van der Waals surface area contributed by atoms with Crippen LogP contribution >= 0.6 is 0 Å². The number of carbonyl (C=O) groups excluding carboxylic acids is 1. The summed E-state index contributed by atoms with van der Waals surface area (Å²) >= 11 is 0. The number of para-hydroxylation sites is 1. The van der Waals surface area contributed by atoms with Crippen LogP contribution in [0.2, 0.25) is 0 Å². The predicted octanol–water partition coefficient (Wildman–Crippen LogP) is 1.02. The van der Waals surface area contributed by atoms with E-state index in [2.05, 4.69) is 5.32 Å². The maximum absolute atomic E-state index is 13.3. The number of nitro benzene ring substituents is 1. The summed E-state index contributed by atoms with van der Waals surface area (Å²) in [5.41, 5.74) is 4.29. The zero-order valence-corrected chi connectivity index (χ0v) is 8.44. The van der Waals surface area contributed by atoms with Gasteiger partial charge in [0.05, 0.1) is 11.0 Å². The van der Waals surface area contributed by atoms with Crippen molar-refractivity contribution in [3.8, 4) is 0 Å². The monoisotopic (exact) mass is 227 g/mol. The van der Waals surface area contributed by atoms with Crippen LogP contribution < -0.4 is 11.1 Å². The minimum atomic E-state index is -0.876. The first kappa shape index (κ1) is 12.1. The smallest absolute Gasteiger partial charge is 0.295 e. The van der Waals surface area contributed by atoms with Crippen LogP contribution in [0, 0.1) is 15.9 Å². The Bertz CT molecular complexity index is 434. The third kappa shape index (κ3) is 2.51. The average Bonchev–Trinajstić information content (AvgIpc) is 2.20. The number of hydrogen-bond acceptors (Lipinski definition) is 4. The average molecular weight is 227 g/mol. The van der Waals surface area contributed by atoms with E-state index in [1.807, 2.05) is 0 Å². The van der Waals surface area contributed by atoms with Crippen molar-refractivity contribution in [1.82, 2.24) is 0 Å². The van der Waals surface area contributed by atoms with E-state index in [1.165, 1.54) is 13.0 Å². The van der Waals surface area contributed by atoms with Crippen LogP contribution in [0.1, 0.15) is 6.92 Å². The predicted molar refractivity (Wildman–Crippen MR) is 55.3 cm³/mol. The van der Waals surface area contributed by atoms with Crippen LogP contribution in [0.5, 0.6) is 0 Å². The molecule has 0 aliphatic carbocycles. The summed E-state index contributed by atoms with van der Waals surface area (Å²) in [5, 5.41) is 12.7. The van der Waals surface area contributed by atoms with Gasteiger partial charge in [-0.15, -0.1) is 0 Å². The number of nitrogens with one attached hydrogen (secondary N) is 1. The highest BCUT2D eigenvalue weighted by Gasteiger charge is 2.20. The van der Waals surface area contributed by atoms with Gasteiger partial charge in [-0.2, -0.15) is 0 Å². The molecule has 0 saturated heterocycles. The molecule has 3 N–H and O–H groups in total. The topological polar surface area (TPSA) is 98.3 Å². The van der Waals surface area contributed by atoms with Crippen molar-refractivity contribution in [1.29, 1.82) is 0 Å². The molecule has 0 aromatic heterocycles. The Balaban J connectivity index is 3.11. The largest absolute Gasteiger partial charge is 0.320 e. The summed E-state index contributed by atoms with van der Waals surface area (Å²) in [6, 6.07) is 2.43. The van der Waals surface area contributed by atoms with Gasteiger partial charge in [0.1, 0.15) is 0 Å². The van der Waals surface area contributed by atoms with Crippen molar-refractivity contribution in [3.05, 3.63) is 34.1 Å². The van der Waals surface area contributed by atoms with E-state index in [4.69, 9.17) is 5.73 Å². The number of nitro groups is 1. The number of hydrogen-bond donors (Lipinski definition) is 2. The summed E-state index contributed by atoms with van der Waals surface area (Å²) < 4.78 is 13.3. The molecule has 0 unspecified atom stereocenters. The van der Waals surface area contributed by atoms with Gasteiger partial charge in [-0.25, -0.2) is 4.39 Å². The number of amides is 1. The van der Waals surface area contributed by atoms with Crippen LogP contribution in [-0.2, 0) is 4.79 Å². The van der Waals surface area contributed by atoms with Crippen molar-refractivity contribution in [2.75, 3.05) is 5.32 Å². The number of anilines is 1. The molecule has 1 rings (SSSR count). The van der Waals surface area contributed by atoms with E-state index >= 15 is 0 Å². The molecule has 7 heteroatoms. The first-order valence-electron chi connectivity index (χ1n) is 4.43. The fraction of sp³-hybridized carbons (Fsp3) is 0.222. The number of benzene rings is 1. The van der Waals surface area contributed by atoms with Crippen molar-refractivity contribution >= 4 is 17.3 Å². The molecule has 0 fully saturated rings. The third-order valence-corrected chi connectivity index (χ3v) is 1.85. The van der Waals surface area contributed by atoms with E-state index in [-0.39, 0.29) is 0 Å².